The van der Waals surface area contributed by atoms with Crippen molar-refractivity contribution in [2.24, 2.45) is 0 Å². The largest absolute Gasteiger partial charge is 0.293 e. The van der Waals surface area contributed by atoms with Crippen molar-refractivity contribution < 1.29 is 13.2 Å². The highest BCUT2D eigenvalue weighted by atomic mass is 32.2. The van der Waals surface area contributed by atoms with E-state index >= 15 is 0 Å². The lowest BCUT2D eigenvalue weighted by Gasteiger charge is -2.06. The zero-order valence-electron chi connectivity index (χ0n) is 11.2. The summed E-state index contributed by atoms with van der Waals surface area (Å²) in [4.78, 5) is 12.0. The highest BCUT2D eigenvalue weighted by Gasteiger charge is 2.18. The third kappa shape index (κ3) is 4.26. The smallest absolute Gasteiger partial charge is 0.178 e. The first-order valence-electron chi connectivity index (χ1n) is 6.16. The first kappa shape index (κ1) is 14.9. The second-order valence-corrected chi connectivity index (χ2v) is 6.87. The van der Waals surface area contributed by atoms with Crippen molar-refractivity contribution in [1.29, 1.82) is 0 Å². The third-order valence-corrected chi connectivity index (χ3v) is 4.45. The molecule has 0 saturated heterocycles. The minimum atomic E-state index is -3.27. The second-order valence-electron chi connectivity index (χ2n) is 4.69. The van der Waals surface area contributed by atoms with Crippen molar-refractivity contribution in [3.05, 3.63) is 34.9 Å². The van der Waals surface area contributed by atoms with Crippen LogP contribution in [0.2, 0.25) is 0 Å². The fourth-order valence-electron chi connectivity index (χ4n) is 1.84. The molecule has 0 aliphatic heterocycles. The van der Waals surface area contributed by atoms with E-state index in [1.165, 1.54) is 0 Å². The van der Waals surface area contributed by atoms with E-state index < -0.39 is 9.84 Å². The Hall–Kier alpha value is -1.16. The molecule has 3 nitrogen and oxygen atoms in total. The maximum Gasteiger partial charge on any atom is 0.178 e. The van der Waals surface area contributed by atoms with E-state index in [0.29, 0.717) is 12.0 Å². The van der Waals surface area contributed by atoms with Crippen LogP contribution in [0.1, 0.15) is 41.3 Å². The van der Waals surface area contributed by atoms with E-state index in [2.05, 4.69) is 0 Å². The van der Waals surface area contributed by atoms with Crippen LogP contribution >= 0.6 is 0 Å². The van der Waals surface area contributed by atoms with Gasteiger partial charge in [0, 0.05) is 5.56 Å². The van der Waals surface area contributed by atoms with E-state index in [-0.39, 0.29) is 17.3 Å². The summed E-state index contributed by atoms with van der Waals surface area (Å²) in [6.07, 6.45) is 1.43. The summed E-state index contributed by atoms with van der Waals surface area (Å²) < 4.78 is 23.5. The molecule has 0 bridgehead atoms. The first-order chi connectivity index (χ1) is 8.35. The molecule has 0 heterocycles. The highest BCUT2D eigenvalue weighted by molar-refractivity contribution is 7.92. The van der Waals surface area contributed by atoms with Gasteiger partial charge in [-0.1, -0.05) is 37.1 Å². The van der Waals surface area contributed by atoms with Crippen molar-refractivity contribution in [1.82, 2.24) is 0 Å². The van der Waals surface area contributed by atoms with E-state index in [1.54, 1.807) is 6.07 Å². The van der Waals surface area contributed by atoms with Gasteiger partial charge >= 0.3 is 0 Å². The van der Waals surface area contributed by atoms with Gasteiger partial charge in [-0.3, -0.25) is 4.79 Å². The number of aryl methyl sites for hydroxylation is 2. The summed E-state index contributed by atoms with van der Waals surface area (Å²) in [6, 6.07) is 5.44. The topological polar surface area (TPSA) is 51.2 Å². The van der Waals surface area contributed by atoms with Gasteiger partial charge in [0.15, 0.2) is 15.6 Å². The lowest BCUT2D eigenvalue weighted by atomic mass is 10.0. The number of hydrogen-bond acceptors (Lipinski definition) is 3. The Morgan fingerprint density at radius 3 is 2.44 bits per heavy atom. The molecule has 1 aromatic carbocycles. The van der Waals surface area contributed by atoms with Gasteiger partial charge in [-0.15, -0.1) is 0 Å². The third-order valence-electron chi connectivity index (χ3n) is 2.84. The maximum atomic E-state index is 12.0. The number of unbranched alkanes of at least 4 members (excludes halogenated alkanes) is 1. The maximum absolute atomic E-state index is 12.0. The summed E-state index contributed by atoms with van der Waals surface area (Å²) >= 11 is 0. The van der Waals surface area contributed by atoms with Crippen molar-refractivity contribution in [2.45, 2.75) is 33.6 Å². The summed E-state index contributed by atoms with van der Waals surface area (Å²) in [5, 5.41) is 0. The molecule has 0 amide bonds. The normalized spacial score (nSPS) is 11.5. The van der Waals surface area contributed by atoms with Crippen LogP contribution in [0.4, 0.5) is 0 Å². The molecule has 100 valence electrons. The Balaban J connectivity index is 2.83. The van der Waals surface area contributed by atoms with Crippen molar-refractivity contribution in [3.63, 3.8) is 0 Å². The van der Waals surface area contributed by atoms with Crippen LogP contribution in [0.15, 0.2) is 18.2 Å². The molecule has 0 saturated carbocycles. The highest BCUT2D eigenvalue weighted by Crippen LogP contribution is 2.12. The number of carbonyl (C=O) groups excluding carboxylic acids is 1. The number of carbonyl (C=O) groups is 1. The predicted molar refractivity (Wildman–Crippen MR) is 73.8 cm³/mol. The molecule has 4 heteroatoms. The molecule has 0 N–H and O–H groups in total. The van der Waals surface area contributed by atoms with Crippen molar-refractivity contribution >= 4 is 15.6 Å². The van der Waals surface area contributed by atoms with Crippen LogP contribution in [0.25, 0.3) is 0 Å². The lowest BCUT2D eigenvalue weighted by Crippen LogP contribution is -2.19. The second kappa shape index (κ2) is 6.14. The molecule has 18 heavy (non-hydrogen) atoms. The van der Waals surface area contributed by atoms with E-state index in [4.69, 9.17) is 0 Å². The molecule has 0 fully saturated rings. The van der Waals surface area contributed by atoms with Crippen LogP contribution < -0.4 is 0 Å². The van der Waals surface area contributed by atoms with Gasteiger partial charge in [0.25, 0.3) is 0 Å². The Labute approximate surface area is 109 Å². The van der Waals surface area contributed by atoms with Crippen LogP contribution in [-0.2, 0) is 9.84 Å². The van der Waals surface area contributed by atoms with E-state index in [9.17, 15) is 13.2 Å². The van der Waals surface area contributed by atoms with Gasteiger partial charge in [-0.05, 0) is 25.8 Å². The van der Waals surface area contributed by atoms with Crippen LogP contribution in [0, 0.1) is 13.8 Å². The predicted octanol–water partition coefficient (Wildman–Crippen LogP) is 2.70. The van der Waals surface area contributed by atoms with Gasteiger partial charge in [-0.2, -0.15) is 0 Å². The number of Topliss-reactive ketones (excluding diaryl/α,β-unsaturated/α-hetero) is 1. The molecular formula is C14H20O3S. The standard InChI is InChI=1S/C14H20O3S/c1-4-5-8-18(16,17)10-14(15)13-7-6-11(2)9-12(13)3/h6-7,9H,4-5,8,10H2,1-3H3. The van der Waals surface area contributed by atoms with Gasteiger partial charge in [0.1, 0.15) is 5.75 Å². The molecule has 0 aromatic heterocycles. The molecule has 0 radical (unpaired) electrons. The zero-order valence-corrected chi connectivity index (χ0v) is 12.0. The van der Waals surface area contributed by atoms with E-state index in [1.807, 2.05) is 32.9 Å². The number of ketones is 1. The molecule has 1 rings (SSSR count). The molecule has 0 aliphatic rings. The Morgan fingerprint density at radius 2 is 1.89 bits per heavy atom. The van der Waals surface area contributed by atoms with Crippen LogP contribution in [0.3, 0.4) is 0 Å². The average Bonchev–Trinajstić information content (AvgIpc) is 2.25. The zero-order chi connectivity index (χ0) is 13.8. The van der Waals surface area contributed by atoms with Gasteiger partial charge in [0.05, 0.1) is 5.75 Å². The van der Waals surface area contributed by atoms with Crippen molar-refractivity contribution in [2.75, 3.05) is 11.5 Å². The molecule has 0 unspecified atom stereocenters. The molecular weight excluding hydrogens is 248 g/mol. The van der Waals surface area contributed by atoms with Gasteiger partial charge in [-0.25, -0.2) is 8.42 Å². The Bertz CT molecular complexity index is 530. The molecule has 1 aromatic rings. The summed E-state index contributed by atoms with van der Waals surface area (Å²) in [5.74, 6) is -0.583. The monoisotopic (exact) mass is 268 g/mol. The molecule has 0 atom stereocenters. The minimum Gasteiger partial charge on any atom is -0.293 e. The van der Waals surface area contributed by atoms with E-state index in [0.717, 1.165) is 17.5 Å². The van der Waals surface area contributed by atoms with Crippen LogP contribution in [0.5, 0.6) is 0 Å². The molecule has 0 aliphatic carbocycles. The Morgan fingerprint density at radius 1 is 1.22 bits per heavy atom. The Kier molecular flexibility index (Phi) is 5.08. The minimum absolute atomic E-state index is 0.0974. The summed E-state index contributed by atoms with van der Waals surface area (Å²) in [6.45, 7) is 5.71. The average molecular weight is 268 g/mol. The number of rotatable bonds is 6. The fourth-order valence-corrected chi connectivity index (χ4v) is 3.27. The van der Waals surface area contributed by atoms with Gasteiger partial charge < -0.3 is 0 Å². The SMILES string of the molecule is CCCCS(=O)(=O)CC(=O)c1ccc(C)cc1C. The number of benzene rings is 1. The quantitative estimate of drug-likeness (QED) is 0.745. The fraction of sp³-hybridized carbons (Fsp3) is 0.500. The first-order valence-corrected chi connectivity index (χ1v) is 7.98. The van der Waals surface area contributed by atoms with Crippen LogP contribution in [-0.4, -0.2) is 25.7 Å². The number of sulfone groups is 1. The van der Waals surface area contributed by atoms with Gasteiger partial charge in [0.2, 0.25) is 0 Å². The lowest BCUT2D eigenvalue weighted by molar-refractivity contribution is 0.102. The number of hydrogen-bond donors (Lipinski definition) is 0. The molecule has 0 spiro atoms. The van der Waals surface area contributed by atoms with Crippen molar-refractivity contribution in [3.8, 4) is 0 Å². The summed E-state index contributed by atoms with van der Waals surface area (Å²) in [7, 11) is -3.27. The summed E-state index contributed by atoms with van der Waals surface area (Å²) in [5.41, 5.74) is 2.42.